The predicted molar refractivity (Wildman–Crippen MR) is 91.1 cm³/mol. The van der Waals surface area contributed by atoms with Crippen LogP contribution in [0.4, 0.5) is 0 Å². The van der Waals surface area contributed by atoms with Crippen molar-refractivity contribution in [3.63, 3.8) is 0 Å². The lowest BCUT2D eigenvalue weighted by Gasteiger charge is -2.03. The highest BCUT2D eigenvalue weighted by Gasteiger charge is 1.97. The molecule has 0 saturated heterocycles. The van der Waals surface area contributed by atoms with Gasteiger partial charge in [0, 0.05) is 17.8 Å². The van der Waals surface area contributed by atoms with E-state index in [4.69, 9.17) is 0 Å². The van der Waals surface area contributed by atoms with Crippen molar-refractivity contribution in [2.75, 3.05) is 0 Å². The van der Waals surface area contributed by atoms with E-state index in [0.29, 0.717) is 0 Å². The number of rotatable bonds is 6. The zero-order chi connectivity index (χ0) is 14.9. The molecule has 0 bridgehead atoms. The Bertz CT molecular complexity index is 542. The van der Waals surface area contributed by atoms with Crippen molar-refractivity contribution in [2.24, 2.45) is 9.98 Å². The predicted octanol–water partition coefficient (Wildman–Crippen LogP) is 4.70. The Balaban J connectivity index is 1.85. The molecule has 2 nitrogen and oxygen atoms in total. The van der Waals surface area contributed by atoms with Gasteiger partial charge in [0.05, 0.1) is 13.1 Å². The van der Waals surface area contributed by atoms with Crippen LogP contribution < -0.4 is 0 Å². The van der Waals surface area contributed by atoms with Gasteiger partial charge in [-0.15, -0.1) is 0 Å². The van der Waals surface area contributed by atoms with Gasteiger partial charge in [-0.2, -0.15) is 0 Å². The van der Waals surface area contributed by atoms with Gasteiger partial charge in [0.25, 0.3) is 0 Å². The molecule has 108 valence electrons. The van der Waals surface area contributed by atoms with Crippen LogP contribution in [0.25, 0.3) is 0 Å². The minimum Gasteiger partial charge on any atom is -0.289 e. The summed E-state index contributed by atoms with van der Waals surface area (Å²) >= 11 is 0. The SMILES string of the molecule is CC(CC(C)=NCc1ccccc1)=NCc1ccccc1. The lowest BCUT2D eigenvalue weighted by molar-refractivity contribution is 1.04. The minimum absolute atomic E-state index is 0.749. The van der Waals surface area contributed by atoms with Crippen LogP contribution in [0.1, 0.15) is 31.4 Å². The number of benzene rings is 2. The van der Waals surface area contributed by atoms with Gasteiger partial charge in [0.2, 0.25) is 0 Å². The van der Waals surface area contributed by atoms with E-state index >= 15 is 0 Å². The molecule has 0 N–H and O–H groups in total. The van der Waals surface area contributed by atoms with E-state index in [9.17, 15) is 0 Å². The van der Waals surface area contributed by atoms with Gasteiger partial charge >= 0.3 is 0 Å². The molecule has 0 aliphatic rings. The summed E-state index contributed by atoms with van der Waals surface area (Å²) in [6.07, 6.45) is 0.847. The van der Waals surface area contributed by atoms with E-state index in [1.54, 1.807) is 0 Å². The van der Waals surface area contributed by atoms with E-state index < -0.39 is 0 Å². The van der Waals surface area contributed by atoms with Crippen LogP contribution in [0.2, 0.25) is 0 Å². The molecule has 2 heteroatoms. The highest BCUT2D eigenvalue weighted by atomic mass is 14.8. The zero-order valence-electron chi connectivity index (χ0n) is 12.8. The molecule has 0 radical (unpaired) electrons. The van der Waals surface area contributed by atoms with Crippen molar-refractivity contribution in [3.05, 3.63) is 71.8 Å². The third-order valence-electron chi connectivity index (χ3n) is 3.26. The first kappa shape index (κ1) is 15.2. The average Bonchev–Trinajstić information content (AvgIpc) is 2.53. The van der Waals surface area contributed by atoms with Crippen molar-refractivity contribution in [1.29, 1.82) is 0 Å². The van der Waals surface area contributed by atoms with Crippen LogP contribution in [0, 0.1) is 0 Å². The normalized spacial score (nSPS) is 12.5. The second-order valence-corrected chi connectivity index (χ2v) is 5.25. The van der Waals surface area contributed by atoms with Gasteiger partial charge in [-0.1, -0.05) is 60.7 Å². The fraction of sp³-hybridized carbons (Fsp3) is 0.263. The summed E-state index contributed by atoms with van der Waals surface area (Å²) in [6.45, 7) is 5.65. The van der Waals surface area contributed by atoms with E-state index in [-0.39, 0.29) is 0 Å². The second-order valence-electron chi connectivity index (χ2n) is 5.25. The first-order chi connectivity index (χ1) is 10.2. The molecular formula is C19H22N2. The molecule has 2 rings (SSSR count). The molecule has 0 fully saturated rings. The molecule has 0 aromatic heterocycles. The molecule has 21 heavy (non-hydrogen) atoms. The third kappa shape index (κ3) is 5.74. The molecular weight excluding hydrogens is 256 g/mol. The van der Waals surface area contributed by atoms with Crippen LogP contribution >= 0.6 is 0 Å². The lowest BCUT2D eigenvalue weighted by Crippen LogP contribution is -2.02. The highest BCUT2D eigenvalue weighted by molar-refractivity contribution is 6.02. The third-order valence-corrected chi connectivity index (χ3v) is 3.26. The van der Waals surface area contributed by atoms with Crippen LogP contribution in [0.5, 0.6) is 0 Å². The summed E-state index contributed by atoms with van der Waals surface area (Å²) in [7, 11) is 0. The maximum atomic E-state index is 4.63. The second kappa shape index (κ2) is 8.15. The van der Waals surface area contributed by atoms with E-state index in [1.165, 1.54) is 11.1 Å². The Morgan fingerprint density at radius 3 is 1.43 bits per heavy atom. The van der Waals surface area contributed by atoms with Gasteiger partial charge < -0.3 is 0 Å². The van der Waals surface area contributed by atoms with Gasteiger partial charge in [0.1, 0.15) is 0 Å². The molecule has 0 amide bonds. The van der Waals surface area contributed by atoms with Crippen molar-refractivity contribution >= 4 is 11.4 Å². The van der Waals surface area contributed by atoms with Crippen molar-refractivity contribution in [1.82, 2.24) is 0 Å². The van der Waals surface area contributed by atoms with Gasteiger partial charge in [0.15, 0.2) is 0 Å². The fourth-order valence-corrected chi connectivity index (χ4v) is 2.10. The first-order valence-corrected chi connectivity index (χ1v) is 7.32. The van der Waals surface area contributed by atoms with Crippen molar-refractivity contribution < 1.29 is 0 Å². The molecule has 0 atom stereocenters. The van der Waals surface area contributed by atoms with Crippen LogP contribution in [-0.4, -0.2) is 11.4 Å². The Labute approximate surface area is 127 Å². The summed E-state index contributed by atoms with van der Waals surface area (Å²) in [5, 5.41) is 0. The molecule has 2 aromatic carbocycles. The zero-order valence-corrected chi connectivity index (χ0v) is 12.8. The average molecular weight is 278 g/mol. The Morgan fingerprint density at radius 1 is 0.667 bits per heavy atom. The lowest BCUT2D eigenvalue weighted by atomic mass is 10.2. The van der Waals surface area contributed by atoms with Crippen LogP contribution in [-0.2, 0) is 13.1 Å². The standard InChI is InChI=1S/C19H22N2/c1-16(20-14-18-9-5-3-6-10-18)13-17(2)21-15-19-11-7-4-8-12-19/h3-12H,13-15H2,1-2H3. The summed E-state index contributed by atoms with van der Waals surface area (Å²) in [5.41, 5.74) is 4.76. The first-order valence-electron chi connectivity index (χ1n) is 7.32. The smallest absolute Gasteiger partial charge is 0.0639 e. The van der Waals surface area contributed by atoms with Crippen LogP contribution in [0.3, 0.4) is 0 Å². The molecule has 0 unspecified atom stereocenters. The maximum absolute atomic E-state index is 4.63. The van der Waals surface area contributed by atoms with Gasteiger partial charge in [-0.3, -0.25) is 9.98 Å². The number of nitrogens with zero attached hydrogens (tertiary/aromatic N) is 2. The highest BCUT2D eigenvalue weighted by Crippen LogP contribution is 2.04. The summed E-state index contributed by atoms with van der Waals surface area (Å²) in [5.74, 6) is 0. The van der Waals surface area contributed by atoms with Crippen LogP contribution in [0.15, 0.2) is 70.6 Å². The maximum Gasteiger partial charge on any atom is 0.0639 e. The van der Waals surface area contributed by atoms with Gasteiger partial charge in [-0.25, -0.2) is 0 Å². The Hall–Kier alpha value is -2.22. The summed E-state index contributed by atoms with van der Waals surface area (Å²) in [6, 6.07) is 20.7. The van der Waals surface area contributed by atoms with E-state index in [1.807, 2.05) is 36.4 Å². The molecule has 0 aliphatic carbocycles. The summed E-state index contributed by atoms with van der Waals surface area (Å²) < 4.78 is 0. The Kier molecular flexibility index (Phi) is 5.89. The number of aliphatic imine (C=N–C) groups is 2. The van der Waals surface area contributed by atoms with E-state index in [0.717, 1.165) is 30.9 Å². The summed E-state index contributed by atoms with van der Waals surface area (Å²) in [4.78, 5) is 9.25. The van der Waals surface area contributed by atoms with Crippen molar-refractivity contribution in [3.8, 4) is 0 Å². The minimum atomic E-state index is 0.749. The Morgan fingerprint density at radius 2 is 1.05 bits per heavy atom. The molecule has 0 saturated carbocycles. The molecule has 0 spiro atoms. The molecule has 2 aromatic rings. The number of hydrogen-bond donors (Lipinski definition) is 0. The fourth-order valence-electron chi connectivity index (χ4n) is 2.10. The quantitative estimate of drug-likeness (QED) is 0.684. The molecule has 0 heterocycles. The van der Waals surface area contributed by atoms with Crippen molar-refractivity contribution in [2.45, 2.75) is 33.4 Å². The van der Waals surface area contributed by atoms with Gasteiger partial charge in [-0.05, 0) is 25.0 Å². The topological polar surface area (TPSA) is 24.7 Å². The monoisotopic (exact) mass is 278 g/mol. The molecule has 0 aliphatic heterocycles. The van der Waals surface area contributed by atoms with E-state index in [2.05, 4.69) is 48.1 Å². The largest absolute Gasteiger partial charge is 0.289 e. The number of hydrogen-bond acceptors (Lipinski definition) is 2.